The quantitative estimate of drug-likeness (QED) is 0.444. The van der Waals surface area contributed by atoms with Crippen molar-refractivity contribution in [3.05, 3.63) is 70.4 Å². The second kappa shape index (κ2) is 8.29. The number of fused-ring (bicyclic) bond motifs is 3. The third-order valence-electron chi connectivity index (χ3n) is 7.52. The number of benzene rings is 2. The first kappa shape index (κ1) is 22.7. The summed E-state index contributed by atoms with van der Waals surface area (Å²) in [5.41, 5.74) is 6.03. The second-order valence-electron chi connectivity index (χ2n) is 11.0. The molecule has 3 unspecified atom stereocenters. The van der Waals surface area contributed by atoms with Crippen molar-refractivity contribution in [2.24, 2.45) is 5.92 Å². The average Bonchev–Trinajstić information content (AvgIpc) is 3.50. The van der Waals surface area contributed by atoms with E-state index in [4.69, 9.17) is 4.74 Å². The molecular formula is C29H33N3O2. The highest BCUT2D eigenvalue weighted by atomic mass is 16.6. The van der Waals surface area contributed by atoms with Crippen molar-refractivity contribution >= 4 is 17.0 Å². The minimum Gasteiger partial charge on any atom is -0.443 e. The summed E-state index contributed by atoms with van der Waals surface area (Å²) in [6.07, 6.45) is 5.25. The van der Waals surface area contributed by atoms with E-state index in [1.807, 2.05) is 39.1 Å². The molecule has 2 aromatic carbocycles. The Labute approximate surface area is 201 Å². The van der Waals surface area contributed by atoms with Crippen molar-refractivity contribution in [1.29, 1.82) is 5.26 Å². The summed E-state index contributed by atoms with van der Waals surface area (Å²) in [7, 11) is 0. The molecule has 34 heavy (non-hydrogen) atoms. The van der Waals surface area contributed by atoms with Gasteiger partial charge in [0.1, 0.15) is 5.60 Å². The number of likely N-dealkylation sites (tertiary alicyclic amines) is 1. The lowest BCUT2D eigenvalue weighted by atomic mass is 9.90. The Morgan fingerprint density at radius 2 is 1.85 bits per heavy atom. The topological polar surface area (TPSA) is 58.3 Å². The Kier molecular flexibility index (Phi) is 5.53. The van der Waals surface area contributed by atoms with Crippen LogP contribution in [-0.4, -0.2) is 27.2 Å². The van der Waals surface area contributed by atoms with E-state index < -0.39 is 5.60 Å². The SMILES string of the molecule is Cc1cc(C)c2c(ccn2C(=O)OC(C)(C)C)c1CN1C2CCC(C2)C1c1ccc(C#N)cc1. The number of hydrogen-bond acceptors (Lipinski definition) is 4. The molecule has 176 valence electrons. The van der Waals surface area contributed by atoms with Crippen LogP contribution in [0, 0.1) is 31.1 Å². The molecule has 3 aromatic rings. The zero-order chi connectivity index (χ0) is 24.2. The number of hydrogen-bond donors (Lipinski definition) is 0. The Balaban J connectivity index is 1.53. The molecule has 0 spiro atoms. The molecule has 0 N–H and O–H groups in total. The minimum atomic E-state index is -0.543. The largest absolute Gasteiger partial charge is 0.443 e. The minimum absolute atomic E-state index is 0.337. The lowest BCUT2D eigenvalue weighted by molar-refractivity contribution is 0.0544. The van der Waals surface area contributed by atoms with Crippen LogP contribution in [-0.2, 0) is 11.3 Å². The monoisotopic (exact) mass is 455 g/mol. The molecule has 1 saturated heterocycles. The molecule has 2 heterocycles. The highest BCUT2D eigenvalue weighted by Crippen LogP contribution is 2.51. The molecule has 2 aliphatic rings. The van der Waals surface area contributed by atoms with Crippen LogP contribution in [0.5, 0.6) is 0 Å². The van der Waals surface area contributed by atoms with Gasteiger partial charge in [0.25, 0.3) is 0 Å². The summed E-state index contributed by atoms with van der Waals surface area (Å²) in [4.78, 5) is 15.6. The highest BCUT2D eigenvalue weighted by Gasteiger charge is 2.46. The van der Waals surface area contributed by atoms with Gasteiger partial charge in [0, 0.05) is 30.2 Å². The van der Waals surface area contributed by atoms with Gasteiger partial charge >= 0.3 is 6.09 Å². The third-order valence-corrected chi connectivity index (χ3v) is 7.52. The van der Waals surface area contributed by atoms with Gasteiger partial charge in [0.05, 0.1) is 17.1 Å². The van der Waals surface area contributed by atoms with E-state index in [0.717, 1.165) is 23.0 Å². The molecule has 5 nitrogen and oxygen atoms in total. The Morgan fingerprint density at radius 1 is 1.12 bits per heavy atom. The smallest absolute Gasteiger partial charge is 0.418 e. The van der Waals surface area contributed by atoms with Crippen molar-refractivity contribution < 1.29 is 9.53 Å². The van der Waals surface area contributed by atoms with Gasteiger partial charge in [-0.05, 0) is 100 Å². The number of aromatic nitrogens is 1. The van der Waals surface area contributed by atoms with Crippen molar-refractivity contribution in [2.45, 2.75) is 78.1 Å². The van der Waals surface area contributed by atoms with E-state index in [9.17, 15) is 10.1 Å². The molecule has 1 aromatic heterocycles. The molecule has 5 rings (SSSR count). The number of nitriles is 1. The summed E-state index contributed by atoms with van der Waals surface area (Å²) < 4.78 is 7.33. The number of ether oxygens (including phenoxy) is 1. The molecular weight excluding hydrogens is 422 g/mol. The van der Waals surface area contributed by atoms with Crippen LogP contribution in [0.25, 0.3) is 10.9 Å². The summed E-state index contributed by atoms with van der Waals surface area (Å²) >= 11 is 0. The zero-order valence-corrected chi connectivity index (χ0v) is 20.8. The van der Waals surface area contributed by atoms with Crippen molar-refractivity contribution in [1.82, 2.24) is 9.47 Å². The number of nitrogens with zero attached hydrogens (tertiary/aromatic N) is 3. The Morgan fingerprint density at radius 3 is 2.53 bits per heavy atom. The van der Waals surface area contributed by atoms with Gasteiger partial charge in [0.2, 0.25) is 0 Å². The summed E-state index contributed by atoms with van der Waals surface area (Å²) in [5.74, 6) is 0.658. The van der Waals surface area contributed by atoms with Crippen LogP contribution < -0.4 is 0 Å². The molecule has 1 saturated carbocycles. The first-order valence-electron chi connectivity index (χ1n) is 12.3. The van der Waals surface area contributed by atoms with E-state index in [0.29, 0.717) is 23.6 Å². The Bertz CT molecular complexity index is 1290. The maximum Gasteiger partial charge on any atom is 0.418 e. The van der Waals surface area contributed by atoms with Crippen LogP contribution in [0.15, 0.2) is 42.6 Å². The summed E-state index contributed by atoms with van der Waals surface area (Å²) in [6.45, 7) is 10.8. The molecule has 2 fully saturated rings. The first-order chi connectivity index (χ1) is 16.2. The van der Waals surface area contributed by atoms with Crippen molar-refractivity contribution in [2.75, 3.05) is 0 Å². The van der Waals surface area contributed by atoms with Gasteiger partial charge < -0.3 is 4.74 Å². The van der Waals surface area contributed by atoms with Crippen LogP contribution in [0.2, 0.25) is 0 Å². The van der Waals surface area contributed by atoms with E-state index in [2.05, 4.69) is 49.1 Å². The fourth-order valence-electron chi connectivity index (χ4n) is 6.15. The van der Waals surface area contributed by atoms with E-state index in [1.54, 1.807) is 4.57 Å². The zero-order valence-electron chi connectivity index (χ0n) is 20.8. The lowest BCUT2D eigenvalue weighted by Crippen LogP contribution is -2.35. The van der Waals surface area contributed by atoms with Crippen molar-refractivity contribution in [3.63, 3.8) is 0 Å². The number of rotatable bonds is 3. The number of carbonyl (C=O) groups is 1. The van der Waals surface area contributed by atoms with Gasteiger partial charge in [-0.25, -0.2) is 4.79 Å². The van der Waals surface area contributed by atoms with Gasteiger partial charge in [-0.2, -0.15) is 5.26 Å². The van der Waals surface area contributed by atoms with Crippen LogP contribution in [0.4, 0.5) is 4.79 Å². The molecule has 0 radical (unpaired) electrons. The first-order valence-corrected chi connectivity index (χ1v) is 12.3. The molecule has 1 aliphatic heterocycles. The molecule has 1 aliphatic carbocycles. The van der Waals surface area contributed by atoms with Gasteiger partial charge in [-0.1, -0.05) is 18.2 Å². The molecule has 0 amide bonds. The maximum absolute atomic E-state index is 12.9. The predicted octanol–water partition coefficient (Wildman–Crippen LogP) is 6.64. The maximum atomic E-state index is 12.9. The van der Waals surface area contributed by atoms with Crippen LogP contribution in [0.1, 0.15) is 73.9 Å². The summed E-state index contributed by atoms with van der Waals surface area (Å²) in [5, 5.41) is 10.3. The fraction of sp³-hybridized carbons (Fsp3) is 0.448. The van der Waals surface area contributed by atoms with Crippen molar-refractivity contribution in [3.8, 4) is 6.07 Å². The second-order valence-corrected chi connectivity index (χ2v) is 11.0. The molecule has 3 atom stereocenters. The number of carbonyl (C=O) groups excluding carboxylic acids is 1. The van der Waals surface area contributed by atoms with Gasteiger partial charge in [-0.15, -0.1) is 0 Å². The number of piperidine rings is 1. The fourth-order valence-corrected chi connectivity index (χ4v) is 6.15. The third kappa shape index (κ3) is 3.91. The van der Waals surface area contributed by atoms with Gasteiger partial charge in [0.15, 0.2) is 0 Å². The predicted molar refractivity (Wildman–Crippen MR) is 134 cm³/mol. The van der Waals surface area contributed by atoms with Crippen LogP contribution >= 0.6 is 0 Å². The standard InChI is InChI=1S/C29H33N3O2/c1-18-14-19(2)26-24(12-13-31(26)28(33)34-29(3,4)5)25(18)17-32-23-11-10-22(15-23)27(32)21-8-6-20(16-30)7-9-21/h6-9,12-14,22-23,27H,10-11,15,17H2,1-5H3. The Hall–Kier alpha value is -3.10. The molecule has 2 bridgehead atoms. The van der Waals surface area contributed by atoms with E-state index in [-0.39, 0.29) is 6.09 Å². The van der Waals surface area contributed by atoms with Crippen LogP contribution in [0.3, 0.4) is 0 Å². The highest BCUT2D eigenvalue weighted by molar-refractivity contribution is 5.94. The van der Waals surface area contributed by atoms with E-state index in [1.165, 1.54) is 36.0 Å². The summed E-state index contributed by atoms with van der Waals surface area (Å²) in [6, 6.07) is 15.6. The number of aryl methyl sites for hydroxylation is 2. The van der Waals surface area contributed by atoms with E-state index >= 15 is 0 Å². The lowest BCUT2D eigenvalue weighted by Gasteiger charge is -2.36. The van der Waals surface area contributed by atoms with Gasteiger partial charge in [-0.3, -0.25) is 9.47 Å². The molecule has 5 heteroatoms. The average molecular weight is 456 g/mol. The normalized spacial score (nSPS) is 22.3.